The maximum atomic E-state index is 7.37. The lowest BCUT2D eigenvalue weighted by molar-refractivity contribution is 0.921. The fourth-order valence-corrected chi connectivity index (χ4v) is 0.801. The summed E-state index contributed by atoms with van der Waals surface area (Å²) in [5.74, 6) is 0. The first-order valence-corrected chi connectivity index (χ1v) is 4.98. The lowest BCUT2D eigenvalue weighted by Crippen LogP contribution is -2.06. The number of allylic oxidation sites excluding steroid dienone is 7. The van der Waals surface area contributed by atoms with E-state index in [9.17, 15) is 0 Å². The van der Waals surface area contributed by atoms with Gasteiger partial charge in [-0.1, -0.05) is 32.4 Å². The molecule has 3 heteroatoms. The first-order chi connectivity index (χ1) is 8.17. The van der Waals surface area contributed by atoms with Crippen molar-refractivity contribution < 1.29 is 0 Å². The molecule has 2 N–H and O–H groups in total. The van der Waals surface area contributed by atoms with Gasteiger partial charge in [0.25, 0.3) is 0 Å². The van der Waals surface area contributed by atoms with Gasteiger partial charge in [0.05, 0.1) is 17.1 Å². The van der Waals surface area contributed by atoms with Crippen molar-refractivity contribution in [2.75, 3.05) is 0 Å². The second-order valence-corrected chi connectivity index (χ2v) is 2.91. The summed E-state index contributed by atoms with van der Waals surface area (Å²) in [6, 6.07) is 0. The molecule has 0 aliphatic carbocycles. The molecule has 88 valence electrons. The van der Waals surface area contributed by atoms with E-state index in [1.807, 2.05) is 0 Å². The van der Waals surface area contributed by atoms with Crippen LogP contribution in [-0.2, 0) is 0 Å². The summed E-state index contributed by atoms with van der Waals surface area (Å²) in [7, 11) is 0. The lowest BCUT2D eigenvalue weighted by atomic mass is 10.2. The van der Waals surface area contributed by atoms with Crippen LogP contribution in [0.5, 0.6) is 0 Å². The third kappa shape index (κ3) is 6.62. The van der Waals surface area contributed by atoms with E-state index in [0.717, 1.165) is 5.70 Å². The third-order valence-corrected chi connectivity index (χ3v) is 1.69. The Morgan fingerprint density at radius 1 is 1.00 bits per heavy atom. The highest BCUT2D eigenvalue weighted by Crippen LogP contribution is 1.92. The Hall–Kier alpha value is -2.42. The van der Waals surface area contributed by atoms with Crippen molar-refractivity contribution in [1.29, 1.82) is 5.41 Å². The molecule has 0 saturated heterocycles. The standard InChI is InChI=1S/C14H17N3/c1-5-9-13(7-3)16-17-14(8-4)11-10-12(15)6-2/h5-11,15-16H,1-4H2/b11-10?,13-9+,15-12?,17-14?. The minimum absolute atomic E-state index is 0.310. The molecule has 0 radical (unpaired) electrons. The van der Waals surface area contributed by atoms with E-state index in [-0.39, 0.29) is 0 Å². The summed E-state index contributed by atoms with van der Waals surface area (Å²) in [5.41, 5.74) is 4.45. The molecule has 0 unspecified atom stereocenters. The van der Waals surface area contributed by atoms with E-state index in [0.29, 0.717) is 11.4 Å². The van der Waals surface area contributed by atoms with Crippen molar-refractivity contribution >= 4 is 11.4 Å². The van der Waals surface area contributed by atoms with Crippen LogP contribution in [0, 0.1) is 5.41 Å². The summed E-state index contributed by atoms with van der Waals surface area (Å²) in [5, 5.41) is 11.5. The van der Waals surface area contributed by atoms with Gasteiger partial charge in [0.1, 0.15) is 0 Å². The van der Waals surface area contributed by atoms with Crippen molar-refractivity contribution in [2.24, 2.45) is 5.10 Å². The van der Waals surface area contributed by atoms with Crippen LogP contribution in [0.1, 0.15) is 0 Å². The molecule has 0 aliphatic heterocycles. The Labute approximate surface area is 102 Å². The molecule has 0 aromatic carbocycles. The fraction of sp³-hybridized carbons (Fsp3) is 0. The van der Waals surface area contributed by atoms with E-state index in [1.54, 1.807) is 36.5 Å². The van der Waals surface area contributed by atoms with Gasteiger partial charge in [-0.05, 0) is 36.5 Å². The number of nitrogens with one attached hydrogen (secondary N) is 2. The van der Waals surface area contributed by atoms with Gasteiger partial charge in [0, 0.05) is 0 Å². The molecule has 0 saturated carbocycles. The smallest absolute Gasteiger partial charge is 0.0828 e. The highest BCUT2D eigenvalue weighted by molar-refractivity contribution is 6.10. The van der Waals surface area contributed by atoms with Gasteiger partial charge in [-0.15, -0.1) is 0 Å². The van der Waals surface area contributed by atoms with Crippen LogP contribution in [0.25, 0.3) is 0 Å². The molecule has 0 aromatic heterocycles. The van der Waals surface area contributed by atoms with Crippen LogP contribution in [-0.4, -0.2) is 11.4 Å². The average Bonchev–Trinajstić information content (AvgIpc) is 2.36. The Balaban J connectivity index is 4.71. The molecule has 3 nitrogen and oxygen atoms in total. The fourth-order valence-electron chi connectivity index (χ4n) is 0.801. The average molecular weight is 227 g/mol. The number of nitrogens with zero attached hydrogens (tertiary/aromatic N) is 1. The molecule has 0 fully saturated rings. The Morgan fingerprint density at radius 3 is 2.18 bits per heavy atom. The van der Waals surface area contributed by atoms with Crippen LogP contribution in [0.2, 0.25) is 0 Å². The van der Waals surface area contributed by atoms with Gasteiger partial charge in [0.2, 0.25) is 0 Å². The zero-order valence-electron chi connectivity index (χ0n) is 9.82. The minimum atomic E-state index is 0.310. The Morgan fingerprint density at radius 2 is 1.71 bits per heavy atom. The normalized spacial score (nSPS) is 12.0. The summed E-state index contributed by atoms with van der Waals surface area (Å²) in [6.07, 6.45) is 11.3. The molecule has 0 aliphatic rings. The van der Waals surface area contributed by atoms with Crippen LogP contribution in [0.15, 0.2) is 79.6 Å². The molecule has 0 bridgehead atoms. The highest BCUT2D eigenvalue weighted by atomic mass is 15.3. The van der Waals surface area contributed by atoms with Crippen molar-refractivity contribution in [1.82, 2.24) is 5.43 Å². The van der Waals surface area contributed by atoms with Crippen molar-refractivity contribution in [2.45, 2.75) is 0 Å². The first-order valence-electron chi connectivity index (χ1n) is 4.98. The van der Waals surface area contributed by atoms with Crippen molar-refractivity contribution in [3.8, 4) is 0 Å². The third-order valence-electron chi connectivity index (χ3n) is 1.69. The van der Waals surface area contributed by atoms with Crippen molar-refractivity contribution in [3.63, 3.8) is 0 Å². The largest absolute Gasteiger partial charge is 0.301 e. The second kappa shape index (κ2) is 8.85. The molecule has 0 amide bonds. The zero-order chi connectivity index (χ0) is 13.1. The molecule has 0 rings (SSSR count). The van der Waals surface area contributed by atoms with E-state index < -0.39 is 0 Å². The van der Waals surface area contributed by atoms with Crippen molar-refractivity contribution in [3.05, 3.63) is 74.5 Å². The quantitative estimate of drug-likeness (QED) is 0.373. The van der Waals surface area contributed by atoms with Crippen LogP contribution in [0.3, 0.4) is 0 Å². The summed E-state index contributed by atoms with van der Waals surface area (Å²) in [6.45, 7) is 14.3. The Bertz CT molecular complexity index is 409. The first kappa shape index (κ1) is 14.6. The summed E-state index contributed by atoms with van der Waals surface area (Å²) in [4.78, 5) is 0. The molecule has 17 heavy (non-hydrogen) atoms. The predicted molar refractivity (Wildman–Crippen MR) is 76.3 cm³/mol. The molecule has 0 aromatic rings. The molecule has 0 heterocycles. The van der Waals surface area contributed by atoms with E-state index >= 15 is 0 Å². The van der Waals surface area contributed by atoms with Gasteiger partial charge >= 0.3 is 0 Å². The topological polar surface area (TPSA) is 48.2 Å². The number of hydrogen-bond donors (Lipinski definition) is 2. The maximum Gasteiger partial charge on any atom is 0.0828 e. The molecule has 0 spiro atoms. The minimum Gasteiger partial charge on any atom is -0.301 e. The molecule has 0 atom stereocenters. The molecular weight excluding hydrogens is 210 g/mol. The molecular formula is C14H17N3. The summed E-state index contributed by atoms with van der Waals surface area (Å²) < 4.78 is 0. The highest BCUT2D eigenvalue weighted by Gasteiger charge is 1.89. The number of rotatable bonds is 8. The van der Waals surface area contributed by atoms with Gasteiger partial charge in [-0.2, -0.15) is 5.10 Å². The van der Waals surface area contributed by atoms with Gasteiger partial charge in [0.15, 0.2) is 0 Å². The van der Waals surface area contributed by atoms with E-state index in [4.69, 9.17) is 5.41 Å². The van der Waals surface area contributed by atoms with Gasteiger partial charge in [-0.25, -0.2) is 0 Å². The number of hydrogen-bond acceptors (Lipinski definition) is 3. The van der Waals surface area contributed by atoms with Gasteiger partial charge < -0.3 is 5.41 Å². The number of hydrazone groups is 1. The van der Waals surface area contributed by atoms with E-state index in [2.05, 4.69) is 36.8 Å². The maximum absolute atomic E-state index is 7.37. The summed E-state index contributed by atoms with van der Waals surface area (Å²) >= 11 is 0. The predicted octanol–water partition coefficient (Wildman–Crippen LogP) is 3.14. The Kier molecular flexibility index (Phi) is 7.59. The lowest BCUT2D eigenvalue weighted by Gasteiger charge is -2.00. The van der Waals surface area contributed by atoms with E-state index in [1.165, 1.54) is 6.08 Å². The van der Waals surface area contributed by atoms with Crippen LogP contribution < -0.4 is 5.43 Å². The SMILES string of the molecule is C=C/C=C(\C=C)NN=C(C=C)C=CC(=N)C=C. The van der Waals surface area contributed by atoms with Gasteiger partial charge in [-0.3, -0.25) is 5.43 Å². The van der Waals surface area contributed by atoms with Crippen LogP contribution >= 0.6 is 0 Å². The zero-order valence-corrected chi connectivity index (χ0v) is 9.82. The monoisotopic (exact) mass is 227 g/mol. The second-order valence-electron chi connectivity index (χ2n) is 2.91. The van der Waals surface area contributed by atoms with Crippen LogP contribution in [0.4, 0.5) is 0 Å².